The number of benzene rings is 3. The van der Waals surface area contributed by atoms with E-state index in [9.17, 15) is 19.5 Å². The van der Waals surface area contributed by atoms with Crippen molar-refractivity contribution in [2.45, 2.75) is 56.1 Å². The van der Waals surface area contributed by atoms with E-state index in [0.29, 0.717) is 38.9 Å². The fourth-order valence-electron chi connectivity index (χ4n) is 6.91. The van der Waals surface area contributed by atoms with Gasteiger partial charge in [0.15, 0.2) is 0 Å². The number of rotatable bonds is 8. The monoisotopic (exact) mass is 567 g/mol. The maximum Gasteiger partial charge on any atom is 0.408 e. The Kier molecular flexibility index (Phi) is 7.98. The van der Waals surface area contributed by atoms with E-state index in [2.05, 4.69) is 39.8 Å². The van der Waals surface area contributed by atoms with E-state index in [1.165, 1.54) is 0 Å². The zero-order valence-electron chi connectivity index (χ0n) is 23.6. The predicted octanol–water partition coefficient (Wildman–Crippen LogP) is 4.93. The average molecular weight is 568 g/mol. The number of carbonyl (C=O) groups excluding carboxylic acids is 2. The summed E-state index contributed by atoms with van der Waals surface area (Å²) < 4.78 is 5.84. The van der Waals surface area contributed by atoms with Crippen LogP contribution in [0.2, 0.25) is 0 Å². The van der Waals surface area contributed by atoms with Gasteiger partial charge in [0.2, 0.25) is 5.91 Å². The Balaban J connectivity index is 1.16. The number of hydrogen-bond donors (Lipinski definition) is 3. The van der Waals surface area contributed by atoms with E-state index in [0.717, 1.165) is 40.7 Å². The molecule has 1 aliphatic heterocycles. The molecular weight excluding hydrogens is 530 g/mol. The normalized spacial score (nSPS) is 23.5. The number of hydrogen-bond acceptors (Lipinski definition) is 5. The fraction of sp³-hybridized carbons (Fsp3) is 0.382. The smallest absolute Gasteiger partial charge is 0.408 e. The average Bonchev–Trinajstić information content (AvgIpc) is 3.56. The lowest BCUT2D eigenvalue weighted by Crippen LogP contribution is -2.62. The Bertz CT molecular complexity index is 1410. The first-order valence-corrected chi connectivity index (χ1v) is 14.8. The largest absolute Gasteiger partial charge is 0.481 e. The van der Waals surface area contributed by atoms with Gasteiger partial charge in [-0.05, 0) is 53.5 Å². The molecule has 3 atom stereocenters. The van der Waals surface area contributed by atoms with Gasteiger partial charge in [-0.2, -0.15) is 0 Å². The maximum atomic E-state index is 13.9. The number of ether oxygens (including phenoxy) is 1. The molecule has 0 radical (unpaired) electrons. The van der Waals surface area contributed by atoms with E-state index in [4.69, 9.17) is 4.74 Å². The molecule has 3 aliphatic rings. The van der Waals surface area contributed by atoms with Gasteiger partial charge in [0.05, 0.1) is 5.92 Å². The predicted molar refractivity (Wildman–Crippen MR) is 159 cm³/mol. The molecular formula is C34H37N3O5. The molecule has 1 saturated heterocycles. The van der Waals surface area contributed by atoms with E-state index < -0.39 is 23.5 Å². The summed E-state index contributed by atoms with van der Waals surface area (Å²) in [5.74, 6) is -1.65. The quantitative estimate of drug-likeness (QED) is 0.356. The number of aliphatic carboxylic acids is 1. The van der Waals surface area contributed by atoms with Crippen LogP contribution in [0.3, 0.4) is 0 Å². The van der Waals surface area contributed by atoms with Gasteiger partial charge in [-0.25, -0.2) is 4.79 Å². The second-order valence-electron chi connectivity index (χ2n) is 11.9. The Morgan fingerprint density at radius 1 is 0.905 bits per heavy atom. The zero-order valence-corrected chi connectivity index (χ0v) is 23.6. The van der Waals surface area contributed by atoms with Crippen molar-refractivity contribution in [1.29, 1.82) is 0 Å². The van der Waals surface area contributed by atoms with Gasteiger partial charge in [0, 0.05) is 31.6 Å². The Morgan fingerprint density at radius 2 is 1.57 bits per heavy atom. The Morgan fingerprint density at radius 3 is 2.26 bits per heavy atom. The van der Waals surface area contributed by atoms with E-state index >= 15 is 0 Å². The van der Waals surface area contributed by atoms with Gasteiger partial charge in [0.1, 0.15) is 12.1 Å². The summed E-state index contributed by atoms with van der Waals surface area (Å²) in [6.07, 6.45) is 2.30. The van der Waals surface area contributed by atoms with Crippen molar-refractivity contribution in [2.24, 2.45) is 5.92 Å². The van der Waals surface area contributed by atoms with Crippen LogP contribution < -0.4 is 10.6 Å². The van der Waals surface area contributed by atoms with Crippen molar-refractivity contribution in [2.75, 3.05) is 19.7 Å². The van der Waals surface area contributed by atoms with Crippen molar-refractivity contribution in [3.05, 3.63) is 95.6 Å². The van der Waals surface area contributed by atoms with Crippen molar-refractivity contribution < 1.29 is 24.2 Å². The summed E-state index contributed by atoms with van der Waals surface area (Å²) in [6, 6.07) is 26.2. The highest BCUT2D eigenvalue weighted by atomic mass is 16.5. The molecule has 218 valence electrons. The van der Waals surface area contributed by atoms with Gasteiger partial charge in [0.25, 0.3) is 0 Å². The first kappa shape index (κ1) is 28.0. The molecule has 3 N–H and O–H groups in total. The standard InChI is InChI=1S/C34H37N3O5/c38-31(39)24-11-8-12-25(19-24)35-32(40)34(17-18-37(22-34)20-23-9-2-1-3-10-23)36-33(41)42-21-30-28-15-6-4-13-26(28)27-14-5-7-16-29(27)30/h1-7,9-10,13-16,24-25,30H,8,11-12,17-22H2,(H,35,40)(H,36,41)(H,38,39)/t24-,25+,34?/m0/s1. The molecule has 3 aromatic carbocycles. The molecule has 1 heterocycles. The zero-order chi connectivity index (χ0) is 29.1. The molecule has 3 aromatic rings. The van der Waals surface area contributed by atoms with Crippen molar-refractivity contribution in [3.63, 3.8) is 0 Å². The molecule has 0 spiro atoms. The molecule has 2 aliphatic carbocycles. The highest BCUT2D eigenvalue weighted by molar-refractivity contribution is 5.91. The highest BCUT2D eigenvalue weighted by Gasteiger charge is 2.47. The number of amides is 2. The minimum atomic E-state index is -1.17. The lowest BCUT2D eigenvalue weighted by Gasteiger charge is -2.33. The SMILES string of the molecule is O=C(NC1(C(=O)N[C@@H]2CCC[C@H](C(=O)O)C2)CCN(Cc2ccccc2)C1)OCC1c2ccccc2-c2ccccc21. The van der Waals surface area contributed by atoms with Crippen LogP contribution in [-0.2, 0) is 20.9 Å². The van der Waals surface area contributed by atoms with E-state index in [1.807, 2.05) is 54.6 Å². The minimum Gasteiger partial charge on any atom is -0.481 e. The topological polar surface area (TPSA) is 108 Å². The first-order chi connectivity index (χ1) is 20.4. The van der Waals surface area contributed by atoms with E-state index in [-0.39, 0.29) is 24.5 Å². The molecule has 1 unspecified atom stereocenters. The van der Waals surface area contributed by atoms with Crippen LogP contribution in [0.5, 0.6) is 0 Å². The molecule has 6 rings (SSSR count). The summed E-state index contributed by atoms with van der Waals surface area (Å²) in [5.41, 5.74) is 4.51. The Hall–Kier alpha value is -4.17. The van der Waals surface area contributed by atoms with Crippen molar-refractivity contribution in [1.82, 2.24) is 15.5 Å². The third-order valence-electron chi connectivity index (χ3n) is 9.08. The van der Waals surface area contributed by atoms with Crippen LogP contribution in [0.4, 0.5) is 4.79 Å². The van der Waals surface area contributed by atoms with Gasteiger partial charge in [-0.15, -0.1) is 0 Å². The van der Waals surface area contributed by atoms with Gasteiger partial charge < -0.3 is 20.5 Å². The van der Waals surface area contributed by atoms with Crippen LogP contribution in [-0.4, -0.2) is 59.3 Å². The van der Waals surface area contributed by atoms with E-state index in [1.54, 1.807) is 0 Å². The second-order valence-corrected chi connectivity index (χ2v) is 11.9. The molecule has 0 bridgehead atoms. The number of carboxylic acid groups (broad SMARTS) is 1. The molecule has 2 amide bonds. The number of carboxylic acids is 1. The lowest BCUT2D eigenvalue weighted by molar-refractivity contribution is -0.143. The van der Waals surface area contributed by atoms with Crippen LogP contribution in [0.15, 0.2) is 78.9 Å². The maximum absolute atomic E-state index is 13.9. The molecule has 8 nitrogen and oxygen atoms in total. The third kappa shape index (κ3) is 5.77. The van der Waals surface area contributed by atoms with Crippen molar-refractivity contribution >= 4 is 18.0 Å². The highest BCUT2D eigenvalue weighted by Crippen LogP contribution is 2.44. The number of fused-ring (bicyclic) bond motifs is 3. The Labute approximate surface area is 246 Å². The first-order valence-electron chi connectivity index (χ1n) is 14.8. The second kappa shape index (κ2) is 12.0. The van der Waals surface area contributed by atoms with Crippen LogP contribution in [0.25, 0.3) is 11.1 Å². The molecule has 1 saturated carbocycles. The number of carbonyl (C=O) groups is 3. The number of alkyl carbamates (subject to hydrolysis) is 1. The molecule has 8 heteroatoms. The van der Waals surface area contributed by atoms with Crippen molar-refractivity contribution in [3.8, 4) is 11.1 Å². The summed E-state index contributed by atoms with van der Waals surface area (Å²) in [5, 5.41) is 15.6. The summed E-state index contributed by atoms with van der Waals surface area (Å²) in [4.78, 5) is 41.0. The number of nitrogens with zero attached hydrogens (tertiary/aromatic N) is 1. The van der Waals surface area contributed by atoms with Gasteiger partial charge in [-0.1, -0.05) is 85.3 Å². The third-order valence-corrected chi connectivity index (χ3v) is 9.08. The lowest BCUT2D eigenvalue weighted by atomic mass is 9.85. The van der Waals surface area contributed by atoms with Crippen LogP contribution in [0.1, 0.15) is 54.7 Å². The van der Waals surface area contributed by atoms with Gasteiger partial charge in [-0.3, -0.25) is 14.5 Å². The summed E-state index contributed by atoms with van der Waals surface area (Å²) >= 11 is 0. The summed E-state index contributed by atoms with van der Waals surface area (Å²) in [7, 11) is 0. The van der Waals surface area contributed by atoms with Crippen LogP contribution in [0, 0.1) is 5.92 Å². The van der Waals surface area contributed by atoms with Gasteiger partial charge >= 0.3 is 12.1 Å². The number of likely N-dealkylation sites (tertiary alicyclic amines) is 1. The molecule has 2 fully saturated rings. The number of nitrogens with one attached hydrogen (secondary N) is 2. The minimum absolute atomic E-state index is 0.0822. The molecule has 0 aromatic heterocycles. The molecule has 42 heavy (non-hydrogen) atoms. The summed E-state index contributed by atoms with van der Waals surface area (Å²) in [6.45, 7) is 1.79. The van der Waals surface area contributed by atoms with Crippen LogP contribution >= 0.6 is 0 Å². The fourth-order valence-corrected chi connectivity index (χ4v) is 6.91.